The van der Waals surface area contributed by atoms with E-state index in [2.05, 4.69) is 0 Å². The fraction of sp³-hybridized carbons (Fsp3) is 0.286. The minimum Gasteiger partial charge on any atom is -0.493 e. The van der Waals surface area contributed by atoms with Crippen molar-refractivity contribution in [2.45, 2.75) is 19.8 Å². The van der Waals surface area contributed by atoms with E-state index in [1.807, 2.05) is 36.4 Å². The summed E-state index contributed by atoms with van der Waals surface area (Å²) in [6, 6.07) is 11.8. The summed E-state index contributed by atoms with van der Waals surface area (Å²) in [7, 11) is 1.62. The zero-order valence-electron chi connectivity index (χ0n) is 15.4. The molecule has 1 aliphatic rings. The van der Waals surface area contributed by atoms with Crippen LogP contribution in [0.5, 0.6) is 23.0 Å². The van der Waals surface area contributed by atoms with Crippen molar-refractivity contribution in [3.8, 4) is 23.0 Å². The van der Waals surface area contributed by atoms with Crippen LogP contribution in [0.3, 0.4) is 0 Å². The summed E-state index contributed by atoms with van der Waals surface area (Å²) >= 11 is 0. The topological polar surface area (TPSA) is 74.2 Å². The van der Waals surface area contributed by atoms with Gasteiger partial charge in [0.2, 0.25) is 12.5 Å². The maximum Gasteiger partial charge on any atom is 0.331 e. The van der Waals surface area contributed by atoms with Crippen molar-refractivity contribution in [2.75, 3.05) is 20.5 Å². The molecule has 0 bridgehead atoms. The second-order valence-corrected chi connectivity index (χ2v) is 6.18. The van der Waals surface area contributed by atoms with E-state index in [1.54, 1.807) is 20.1 Å². The van der Waals surface area contributed by atoms with E-state index in [-0.39, 0.29) is 19.0 Å². The summed E-state index contributed by atoms with van der Waals surface area (Å²) in [6.07, 6.45) is 3.25. The van der Waals surface area contributed by atoms with E-state index in [0.717, 1.165) is 24.2 Å². The molecule has 27 heavy (non-hydrogen) atoms. The Morgan fingerprint density at radius 3 is 2.59 bits per heavy atom. The Labute approximate surface area is 157 Å². The van der Waals surface area contributed by atoms with Gasteiger partial charge in [-0.05, 0) is 61.2 Å². The Morgan fingerprint density at radius 1 is 1.15 bits per heavy atom. The normalized spacial score (nSPS) is 12.7. The lowest BCUT2D eigenvalue weighted by molar-refractivity contribution is -0.132. The fourth-order valence-electron chi connectivity index (χ4n) is 2.72. The lowest BCUT2D eigenvalue weighted by Gasteiger charge is -2.09. The molecule has 6 heteroatoms. The van der Waals surface area contributed by atoms with Gasteiger partial charge in [-0.1, -0.05) is 12.1 Å². The first-order valence-corrected chi connectivity index (χ1v) is 8.65. The first-order valence-electron chi connectivity index (χ1n) is 8.65. The zero-order chi connectivity index (χ0) is 19.2. The first kappa shape index (κ1) is 18.6. The molecule has 1 N–H and O–H groups in total. The highest BCUT2D eigenvalue weighted by molar-refractivity contribution is 5.85. The molecule has 6 nitrogen and oxygen atoms in total. The van der Waals surface area contributed by atoms with Crippen molar-refractivity contribution >= 4 is 5.97 Å². The van der Waals surface area contributed by atoms with Crippen LogP contribution in [0.25, 0.3) is 0 Å². The van der Waals surface area contributed by atoms with Crippen LogP contribution >= 0.6 is 0 Å². The Hall–Kier alpha value is -3.15. The van der Waals surface area contributed by atoms with E-state index in [1.165, 1.54) is 5.56 Å². The van der Waals surface area contributed by atoms with Gasteiger partial charge in [-0.3, -0.25) is 0 Å². The van der Waals surface area contributed by atoms with E-state index in [4.69, 9.17) is 24.1 Å². The van der Waals surface area contributed by atoms with Gasteiger partial charge in [-0.25, -0.2) is 4.79 Å². The number of hydrogen-bond acceptors (Lipinski definition) is 5. The maximum atomic E-state index is 10.7. The number of carboxylic acids is 1. The SMILES string of the molecule is COc1cc(CCc2ccc(OCC=C(C)C(=O)O)cc2)cc2c1OCO2. The maximum absolute atomic E-state index is 10.7. The largest absolute Gasteiger partial charge is 0.493 e. The number of aryl methyl sites for hydroxylation is 2. The Bertz CT molecular complexity index is 838. The summed E-state index contributed by atoms with van der Waals surface area (Å²) in [4.78, 5) is 10.7. The van der Waals surface area contributed by atoms with Crippen LogP contribution in [0.15, 0.2) is 48.0 Å². The van der Waals surface area contributed by atoms with Crippen molar-refractivity contribution in [3.05, 3.63) is 59.2 Å². The minimum atomic E-state index is -0.936. The monoisotopic (exact) mass is 370 g/mol. The number of rotatable bonds is 8. The molecule has 2 aromatic carbocycles. The standard InChI is InChI=1S/C21H22O6/c1-14(21(22)23)9-10-25-17-7-5-15(6-8-17)3-4-16-11-18(24-2)20-19(12-16)26-13-27-20/h5-9,11-12H,3-4,10,13H2,1-2H3,(H,22,23). The molecular formula is C21H22O6. The van der Waals surface area contributed by atoms with Crippen LogP contribution < -0.4 is 18.9 Å². The highest BCUT2D eigenvalue weighted by atomic mass is 16.7. The zero-order valence-corrected chi connectivity index (χ0v) is 15.4. The predicted octanol–water partition coefficient (Wildman–Crippen LogP) is 3.62. The Kier molecular flexibility index (Phi) is 5.86. The third kappa shape index (κ3) is 4.73. The lowest BCUT2D eigenvalue weighted by atomic mass is 10.0. The van der Waals surface area contributed by atoms with E-state index in [9.17, 15) is 4.79 Å². The van der Waals surface area contributed by atoms with Gasteiger partial charge in [0.15, 0.2) is 11.5 Å². The average Bonchev–Trinajstić information content (AvgIpc) is 3.15. The molecule has 0 aromatic heterocycles. The quantitative estimate of drug-likeness (QED) is 0.716. The van der Waals surface area contributed by atoms with Crippen LogP contribution in [0.4, 0.5) is 0 Å². The van der Waals surface area contributed by atoms with Gasteiger partial charge in [0.05, 0.1) is 7.11 Å². The minimum absolute atomic E-state index is 0.220. The van der Waals surface area contributed by atoms with Crippen molar-refractivity contribution < 1.29 is 28.8 Å². The molecule has 2 aromatic rings. The smallest absolute Gasteiger partial charge is 0.331 e. The first-order chi connectivity index (χ1) is 13.1. The number of hydrogen-bond donors (Lipinski definition) is 1. The summed E-state index contributed by atoms with van der Waals surface area (Å²) in [6.45, 7) is 1.99. The molecule has 142 valence electrons. The molecule has 0 aliphatic carbocycles. The van der Waals surface area contributed by atoms with Gasteiger partial charge in [0.25, 0.3) is 0 Å². The molecule has 0 fully saturated rings. The van der Waals surface area contributed by atoms with E-state index in [0.29, 0.717) is 17.2 Å². The number of carboxylic acid groups (broad SMARTS) is 1. The van der Waals surface area contributed by atoms with Crippen LogP contribution in [0.1, 0.15) is 18.1 Å². The summed E-state index contributed by atoms with van der Waals surface area (Å²) in [5, 5.41) is 8.81. The van der Waals surface area contributed by atoms with Crippen molar-refractivity contribution in [1.82, 2.24) is 0 Å². The molecule has 3 rings (SSSR count). The molecule has 0 atom stereocenters. The fourth-order valence-corrected chi connectivity index (χ4v) is 2.72. The van der Waals surface area contributed by atoms with Gasteiger partial charge < -0.3 is 24.1 Å². The van der Waals surface area contributed by atoms with Gasteiger partial charge in [-0.2, -0.15) is 0 Å². The molecule has 1 heterocycles. The molecule has 0 amide bonds. The number of fused-ring (bicyclic) bond motifs is 1. The molecule has 0 radical (unpaired) electrons. The highest BCUT2D eigenvalue weighted by Crippen LogP contribution is 2.42. The van der Waals surface area contributed by atoms with Crippen molar-refractivity contribution in [1.29, 1.82) is 0 Å². The summed E-state index contributed by atoms with van der Waals surface area (Å²) in [5.41, 5.74) is 2.56. The average molecular weight is 370 g/mol. The van der Waals surface area contributed by atoms with E-state index < -0.39 is 5.97 Å². The second kappa shape index (κ2) is 8.49. The second-order valence-electron chi connectivity index (χ2n) is 6.18. The number of carbonyl (C=O) groups is 1. The molecule has 0 saturated carbocycles. The molecule has 1 aliphatic heterocycles. The van der Waals surface area contributed by atoms with E-state index >= 15 is 0 Å². The van der Waals surface area contributed by atoms with Crippen molar-refractivity contribution in [3.63, 3.8) is 0 Å². The number of aliphatic carboxylic acids is 1. The Morgan fingerprint density at radius 2 is 1.89 bits per heavy atom. The third-order valence-corrected chi connectivity index (χ3v) is 4.32. The molecule has 0 spiro atoms. The number of methoxy groups -OCH3 is 1. The Balaban J connectivity index is 1.56. The van der Waals surface area contributed by atoms with Gasteiger partial charge >= 0.3 is 5.97 Å². The molecule has 0 saturated heterocycles. The lowest BCUT2D eigenvalue weighted by Crippen LogP contribution is -2.00. The van der Waals surface area contributed by atoms with Gasteiger partial charge in [0.1, 0.15) is 12.4 Å². The van der Waals surface area contributed by atoms with Crippen LogP contribution in [-0.2, 0) is 17.6 Å². The van der Waals surface area contributed by atoms with Crippen LogP contribution in [-0.4, -0.2) is 31.6 Å². The summed E-state index contributed by atoms with van der Waals surface area (Å²) < 4.78 is 21.8. The molecule has 0 unspecified atom stereocenters. The van der Waals surface area contributed by atoms with Crippen molar-refractivity contribution in [2.24, 2.45) is 0 Å². The predicted molar refractivity (Wildman–Crippen MR) is 99.9 cm³/mol. The molecular weight excluding hydrogens is 348 g/mol. The van der Waals surface area contributed by atoms with Gasteiger partial charge in [-0.15, -0.1) is 0 Å². The van der Waals surface area contributed by atoms with Gasteiger partial charge in [0, 0.05) is 5.57 Å². The summed E-state index contributed by atoms with van der Waals surface area (Å²) in [5.74, 6) is 1.84. The van der Waals surface area contributed by atoms with Crippen LogP contribution in [0, 0.1) is 0 Å². The third-order valence-electron chi connectivity index (χ3n) is 4.32. The number of benzene rings is 2. The van der Waals surface area contributed by atoms with Crippen LogP contribution in [0.2, 0.25) is 0 Å². The number of ether oxygens (including phenoxy) is 4. The highest BCUT2D eigenvalue weighted by Gasteiger charge is 2.19.